The van der Waals surface area contributed by atoms with Crippen LogP contribution >= 0.6 is 0 Å². The molecule has 0 radical (unpaired) electrons. The molecular weight excluding hydrogens is 391 g/mol. The molecule has 1 heterocycles. The van der Waals surface area contributed by atoms with Crippen LogP contribution in [0.5, 0.6) is 5.75 Å². The number of benzene rings is 2. The van der Waals surface area contributed by atoms with Crippen molar-refractivity contribution >= 4 is 5.69 Å². The molecule has 0 fully saturated rings. The van der Waals surface area contributed by atoms with E-state index < -0.39 is 17.8 Å². The fourth-order valence-corrected chi connectivity index (χ4v) is 3.50. The van der Waals surface area contributed by atoms with E-state index in [0.29, 0.717) is 17.9 Å². The summed E-state index contributed by atoms with van der Waals surface area (Å²) in [6, 6.07) is 12.4. The Balaban J connectivity index is 1.95. The number of nitrogens with zero attached hydrogens (tertiary/aromatic N) is 2. The molecule has 0 saturated heterocycles. The summed E-state index contributed by atoms with van der Waals surface area (Å²) < 4.78 is 47.0. The van der Waals surface area contributed by atoms with Crippen molar-refractivity contribution < 1.29 is 17.9 Å². The standard InChI is InChI=1S/C23H26F3N3O/c1-3-4-7-13-30-19-10-8-9-18(14-19)29(2)22(17-15-27-28-16-17)20-11-5-6-12-21(20)23(24,25)26/h5-6,8-12,14-16,22H,3-4,7,13H2,1-2H3,(H,27,28). The summed E-state index contributed by atoms with van der Waals surface area (Å²) >= 11 is 0. The van der Waals surface area contributed by atoms with E-state index in [2.05, 4.69) is 17.1 Å². The summed E-state index contributed by atoms with van der Waals surface area (Å²) in [7, 11) is 1.78. The van der Waals surface area contributed by atoms with Gasteiger partial charge in [-0.1, -0.05) is 44.0 Å². The van der Waals surface area contributed by atoms with Gasteiger partial charge in [-0.2, -0.15) is 18.3 Å². The Morgan fingerprint density at radius 1 is 1.10 bits per heavy atom. The van der Waals surface area contributed by atoms with Crippen LogP contribution in [0.1, 0.15) is 48.9 Å². The number of unbranched alkanes of at least 4 members (excludes halogenated alkanes) is 2. The largest absolute Gasteiger partial charge is 0.494 e. The fraction of sp³-hybridized carbons (Fsp3) is 0.348. The van der Waals surface area contributed by atoms with Gasteiger partial charge < -0.3 is 9.64 Å². The number of rotatable bonds is 9. The lowest BCUT2D eigenvalue weighted by molar-refractivity contribution is -0.138. The van der Waals surface area contributed by atoms with Gasteiger partial charge in [0.05, 0.1) is 24.4 Å². The quantitative estimate of drug-likeness (QED) is 0.420. The molecule has 0 bridgehead atoms. The maximum absolute atomic E-state index is 13.7. The molecule has 1 N–H and O–H groups in total. The van der Waals surface area contributed by atoms with Crippen molar-refractivity contribution in [3.8, 4) is 5.75 Å². The van der Waals surface area contributed by atoms with E-state index in [9.17, 15) is 13.2 Å². The molecule has 2 aromatic carbocycles. The molecule has 160 valence electrons. The molecule has 0 aliphatic carbocycles. The van der Waals surface area contributed by atoms with Crippen molar-refractivity contribution in [2.24, 2.45) is 0 Å². The van der Waals surface area contributed by atoms with Gasteiger partial charge in [0.2, 0.25) is 0 Å². The lowest BCUT2D eigenvalue weighted by atomic mass is 9.94. The van der Waals surface area contributed by atoms with Crippen LogP contribution in [0.2, 0.25) is 0 Å². The van der Waals surface area contributed by atoms with Crippen LogP contribution in [0.15, 0.2) is 60.9 Å². The Hall–Kier alpha value is -2.96. The maximum Gasteiger partial charge on any atom is 0.416 e. The Labute approximate surface area is 174 Å². The van der Waals surface area contributed by atoms with E-state index in [1.54, 1.807) is 25.5 Å². The fourth-order valence-electron chi connectivity index (χ4n) is 3.50. The molecule has 1 aromatic heterocycles. The van der Waals surface area contributed by atoms with E-state index in [1.165, 1.54) is 12.1 Å². The molecule has 4 nitrogen and oxygen atoms in total. The first kappa shape index (κ1) is 21.7. The molecule has 1 unspecified atom stereocenters. The first-order valence-corrected chi connectivity index (χ1v) is 10.0. The van der Waals surface area contributed by atoms with Crippen molar-refractivity contribution in [2.45, 2.75) is 38.4 Å². The molecule has 7 heteroatoms. The van der Waals surface area contributed by atoms with Gasteiger partial charge >= 0.3 is 6.18 Å². The van der Waals surface area contributed by atoms with E-state index in [0.717, 1.165) is 31.0 Å². The van der Waals surface area contributed by atoms with Crippen LogP contribution < -0.4 is 9.64 Å². The molecule has 1 atom stereocenters. The molecule has 0 amide bonds. The number of ether oxygens (including phenoxy) is 1. The molecule has 0 aliphatic heterocycles. The smallest absolute Gasteiger partial charge is 0.416 e. The van der Waals surface area contributed by atoms with Crippen molar-refractivity contribution in [3.05, 3.63) is 77.6 Å². The van der Waals surface area contributed by atoms with Crippen LogP contribution in [0.25, 0.3) is 0 Å². The lowest BCUT2D eigenvalue weighted by Gasteiger charge is -2.32. The first-order chi connectivity index (χ1) is 14.4. The molecule has 3 rings (SSSR count). The van der Waals surface area contributed by atoms with Crippen LogP contribution in [0.4, 0.5) is 18.9 Å². The molecule has 0 aliphatic rings. The van der Waals surface area contributed by atoms with Crippen LogP contribution in [-0.4, -0.2) is 23.9 Å². The second-order valence-corrected chi connectivity index (χ2v) is 7.18. The van der Waals surface area contributed by atoms with Gasteiger partial charge in [0.1, 0.15) is 5.75 Å². The third kappa shape index (κ3) is 5.14. The number of hydrogen-bond acceptors (Lipinski definition) is 3. The van der Waals surface area contributed by atoms with Crippen LogP contribution in [0.3, 0.4) is 0 Å². The maximum atomic E-state index is 13.7. The highest BCUT2D eigenvalue weighted by atomic mass is 19.4. The number of aromatic amines is 1. The van der Waals surface area contributed by atoms with Crippen molar-refractivity contribution in [1.82, 2.24) is 10.2 Å². The van der Waals surface area contributed by atoms with Gasteiger partial charge in [0.25, 0.3) is 0 Å². The van der Waals surface area contributed by atoms with Crippen LogP contribution in [-0.2, 0) is 6.18 Å². The molecule has 0 spiro atoms. The zero-order valence-electron chi connectivity index (χ0n) is 17.1. The number of H-pyrrole nitrogens is 1. The number of anilines is 1. The summed E-state index contributed by atoms with van der Waals surface area (Å²) in [5.74, 6) is 0.700. The summed E-state index contributed by atoms with van der Waals surface area (Å²) in [5, 5.41) is 6.67. The minimum absolute atomic E-state index is 0.170. The zero-order valence-corrected chi connectivity index (χ0v) is 17.1. The number of aromatic nitrogens is 2. The van der Waals surface area contributed by atoms with Crippen molar-refractivity contribution in [2.75, 3.05) is 18.6 Å². The minimum Gasteiger partial charge on any atom is -0.494 e. The Morgan fingerprint density at radius 2 is 1.90 bits per heavy atom. The highest BCUT2D eigenvalue weighted by Gasteiger charge is 2.36. The number of nitrogens with one attached hydrogen (secondary N) is 1. The highest BCUT2D eigenvalue weighted by molar-refractivity contribution is 5.55. The van der Waals surface area contributed by atoms with Gasteiger partial charge in [-0.15, -0.1) is 0 Å². The Morgan fingerprint density at radius 3 is 2.60 bits per heavy atom. The van der Waals surface area contributed by atoms with Crippen molar-refractivity contribution in [1.29, 1.82) is 0 Å². The van der Waals surface area contributed by atoms with E-state index in [-0.39, 0.29) is 5.56 Å². The third-order valence-corrected chi connectivity index (χ3v) is 5.02. The van der Waals surface area contributed by atoms with E-state index in [1.807, 2.05) is 29.2 Å². The summed E-state index contributed by atoms with van der Waals surface area (Å²) in [6.45, 7) is 2.74. The number of alkyl halides is 3. The normalized spacial score (nSPS) is 12.6. The van der Waals surface area contributed by atoms with Gasteiger partial charge in [-0.3, -0.25) is 5.10 Å². The number of hydrogen-bond donors (Lipinski definition) is 1. The molecule has 3 aromatic rings. The van der Waals surface area contributed by atoms with Gasteiger partial charge in [0, 0.05) is 30.6 Å². The number of halogens is 3. The predicted octanol–water partition coefficient (Wildman–Crippen LogP) is 6.22. The molecule has 30 heavy (non-hydrogen) atoms. The first-order valence-electron chi connectivity index (χ1n) is 10.0. The average molecular weight is 417 g/mol. The average Bonchev–Trinajstić information content (AvgIpc) is 3.25. The Kier molecular flexibility index (Phi) is 7.03. The minimum atomic E-state index is -4.45. The lowest BCUT2D eigenvalue weighted by Crippen LogP contribution is -2.27. The second-order valence-electron chi connectivity index (χ2n) is 7.18. The van der Waals surface area contributed by atoms with Crippen molar-refractivity contribution in [3.63, 3.8) is 0 Å². The molecule has 0 saturated carbocycles. The SMILES string of the molecule is CCCCCOc1cccc(N(C)C(c2cn[nH]c2)c2ccccc2C(F)(F)F)c1. The van der Waals surface area contributed by atoms with Gasteiger partial charge in [-0.05, 0) is 30.2 Å². The second kappa shape index (κ2) is 9.69. The van der Waals surface area contributed by atoms with E-state index >= 15 is 0 Å². The summed E-state index contributed by atoms with van der Waals surface area (Å²) in [4.78, 5) is 1.81. The van der Waals surface area contributed by atoms with Crippen LogP contribution in [0, 0.1) is 0 Å². The van der Waals surface area contributed by atoms with Gasteiger partial charge in [0.15, 0.2) is 0 Å². The monoisotopic (exact) mass is 417 g/mol. The Bertz CT molecular complexity index is 925. The van der Waals surface area contributed by atoms with E-state index in [4.69, 9.17) is 4.74 Å². The predicted molar refractivity (Wildman–Crippen MR) is 112 cm³/mol. The highest BCUT2D eigenvalue weighted by Crippen LogP contribution is 2.40. The van der Waals surface area contributed by atoms with Gasteiger partial charge in [-0.25, -0.2) is 0 Å². The third-order valence-electron chi connectivity index (χ3n) is 5.02. The molecular formula is C23H26F3N3O. The topological polar surface area (TPSA) is 41.1 Å². The summed E-state index contributed by atoms with van der Waals surface area (Å²) in [6.07, 6.45) is 1.89. The summed E-state index contributed by atoms with van der Waals surface area (Å²) in [5.41, 5.74) is 0.910. The zero-order chi connectivity index (χ0) is 21.6.